The summed E-state index contributed by atoms with van der Waals surface area (Å²) in [6, 6.07) is 0. The minimum absolute atomic E-state index is 0.224. The molecule has 0 bridgehead atoms. The summed E-state index contributed by atoms with van der Waals surface area (Å²) >= 11 is 0. The van der Waals surface area contributed by atoms with Gasteiger partial charge in [-0.2, -0.15) is 0 Å². The molecule has 2 aromatic heterocycles. The normalized spacial score (nSPS) is 17.4. The molecule has 3 N–H and O–H groups in total. The standard InChI is InChI=1S/C16H22N4O2/c1-3-6-16(2,22)9-19-15(21)11-7-17-14-13(11)20-12(8-18-14)10-4-5-10/h7-8,10,22H,3-6,9H2,1-2H3,(H,17,18)(H,19,21)/t16-/m1/s1. The fraction of sp³-hybridized carbons (Fsp3) is 0.562. The Labute approximate surface area is 129 Å². The van der Waals surface area contributed by atoms with Gasteiger partial charge in [0.1, 0.15) is 5.52 Å². The van der Waals surface area contributed by atoms with Crippen molar-refractivity contribution in [3.8, 4) is 0 Å². The molecule has 0 aliphatic heterocycles. The predicted molar refractivity (Wildman–Crippen MR) is 83.7 cm³/mol. The summed E-state index contributed by atoms with van der Waals surface area (Å²) in [5.74, 6) is 0.262. The fourth-order valence-electron chi connectivity index (χ4n) is 2.65. The number of nitrogens with zero attached hydrogens (tertiary/aromatic N) is 2. The molecule has 6 nitrogen and oxygen atoms in total. The van der Waals surface area contributed by atoms with Gasteiger partial charge in [-0.05, 0) is 26.2 Å². The molecule has 2 heterocycles. The second kappa shape index (κ2) is 5.68. The SMILES string of the molecule is CCC[C@@](C)(O)CNC(=O)c1c[nH]c2ncc(C3CC3)nc12. The largest absolute Gasteiger partial charge is 0.388 e. The average Bonchev–Trinajstić information content (AvgIpc) is 3.24. The molecule has 1 saturated carbocycles. The summed E-state index contributed by atoms with van der Waals surface area (Å²) in [6.07, 6.45) is 7.21. The summed E-state index contributed by atoms with van der Waals surface area (Å²) in [5, 5.41) is 12.9. The number of amides is 1. The Morgan fingerprint density at radius 2 is 2.32 bits per heavy atom. The second-order valence-corrected chi connectivity index (χ2v) is 6.40. The van der Waals surface area contributed by atoms with E-state index in [1.165, 1.54) is 0 Å². The van der Waals surface area contributed by atoms with Gasteiger partial charge in [0.2, 0.25) is 0 Å². The number of carbonyl (C=O) groups excluding carboxylic acids is 1. The predicted octanol–water partition coefficient (Wildman–Crippen LogP) is 2.12. The summed E-state index contributed by atoms with van der Waals surface area (Å²) in [7, 11) is 0. The number of fused-ring (bicyclic) bond motifs is 1. The first kappa shape index (κ1) is 15.0. The molecule has 1 aliphatic rings. The Kier molecular flexibility index (Phi) is 3.87. The van der Waals surface area contributed by atoms with Crippen LogP contribution in [-0.4, -0.2) is 38.1 Å². The number of nitrogens with one attached hydrogen (secondary N) is 2. The monoisotopic (exact) mass is 302 g/mol. The molecule has 0 saturated heterocycles. The zero-order valence-corrected chi connectivity index (χ0v) is 13.0. The molecule has 0 aromatic carbocycles. The van der Waals surface area contributed by atoms with Gasteiger partial charge in [0.05, 0.1) is 23.1 Å². The number of hydrogen-bond donors (Lipinski definition) is 3. The lowest BCUT2D eigenvalue weighted by molar-refractivity contribution is 0.0470. The quantitative estimate of drug-likeness (QED) is 0.762. The molecule has 0 unspecified atom stereocenters. The molecule has 0 radical (unpaired) electrons. The third-order valence-electron chi connectivity index (χ3n) is 4.06. The van der Waals surface area contributed by atoms with Crippen LogP contribution < -0.4 is 5.32 Å². The Balaban J connectivity index is 1.77. The summed E-state index contributed by atoms with van der Waals surface area (Å²) in [4.78, 5) is 24.3. The van der Waals surface area contributed by atoms with Crippen molar-refractivity contribution in [2.45, 2.75) is 51.0 Å². The fourth-order valence-corrected chi connectivity index (χ4v) is 2.65. The van der Waals surface area contributed by atoms with Crippen LogP contribution in [0.3, 0.4) is 0 Å². The maximum Gasteiger partial charge on any atom is 0.255 e. The highest BCUT2D eigenvalue weighted by Crippen LogP contribution is 2.39. The van der Waals surface area contributed by atoms with Gasteiger partial charge in [0.15, 0.2) is 5.65 Å². The van der Waals surface area contributed by atoms with Crippen LogP contribution in [0, 0.1) is 0 Å². The van der Waals surface area contributed by atoms with Crippen LogP contribution in [0.4, 0.5) is 0 Å². The highest BCUT2D eigenvalue weighted by atomic mass is 16.3. The molecule has 118 valence electrons. The van der Waals surface area contributed by atoms with Gasteiger partial charge in [-0.25, -0.2) is 9.97 Å². The number of hydrogen-bond acceptors (Lipinski definition) is 4. The van der Waals surface area contributed by atoms with E-state index in [2.05, 4.69) is 20.3 Å². The third kappa shape index (κ3) is 3.11. The van der Waals surface area contributed by atoms with Crippen molar-refractivity contribution in [1.82, 2.24) is 20.3 Å². The topological polar surface area (TPSA) is 90.9 Å². The molecule has 0 spiro atoms. The molecule has 1 amide bonds. The van der Waals surface area contributed by atoms with E-state index in [0.717, 1.165) is 25.0 Å². The zero-order valence-electron chi connectivity index (χ0n) is 13.0. The van der Waals surface area contributed by atoms with E-state index in [9.17, 15) is 9.90 Å². The van der Waals surface area contributed by atoms with Crippen molar-refractivity contribution >= 4 is 17.1 Å². The van der Waals surface area contributed by atoms with Crippen LogP contribution in [0.15, 0.2) is 12.4 Å². The van der Waals surface area contributed by atoms with E-state index in [4.69, 9.17) is 0 Å². The molecule has 1 aliphatic carbocycles. The van der Waals surface area contributed by atoms with Gasteiger partial charge in [-0.15, -0.1) is 0 Å². The highest BCUT2D eigenvalue weighted by molar-refractivity contribution is 6.04. The van der Waals surface area contributed by atoms with Crippen LogP contribution in [0.1, 0.15) is 61.5 Å². The first-order valence-corrected chi connectivity index (χ1v) is 7.85. The van der Waals surface area contributed by atoms with E-state index in [1.807, 2.05) is 6.92 Å². The number of rotatable bonds is 6. The molecule has 1 fully saturated rings. The van der Waals surface area contributed by atoms with Gasteiger partial charge in [-0.1, -0.05) is 13.3 Å². The zero-order chi connectivity index (χ0) is 15.7. The van der Waals surface area contributed by atoms with Crippen molar-refractivity contribution in [3.63, 3.8) is 0 Å². The number of carbonyl (C=O) groups is 1. The van der Waals surface area contributed by atoms with E-state index < -0.39 is 5.60 Å². The molecular weight excluding hydrogens is 280 g/mol. The van der Waals surface area contributed by atoms with Crippen LogP contribution in [0.2, 0.25) is 0 Å². The number of aliphatic hydroxyl groups is 1. The second-order valence-electron chi connectivity index (χ2n) is 6.40. The van der Waals surface area contributed by atoms with Crippen molar-refractivity contribution in [2.75, 3.05) is 6.54 Å². The van der Waals surface area contributed by atoms with Gasteiger partial charge >= 0.3 is 0 Å². The van der Waals surface area contributed by atoms with E-state index in [1.54, 1.807) is 19.3 Å². The molecule has 22 heavy (non-hydrogen) atoms. The van der Waals surface area contributed by atoms with Gasteiger partial charge in [0.25, 0.3) is 5.91 Å². The number of H-pyrrole nitrogens is 1. The summed E-state index contributed by atoms with van der Waals surface area (Å²) in [6.45, 7) is 3.96. The number of aromatic amines is 1. The van der Waals surface area contributed by atoms with E-state index in [-0.39, 0.29) is 12.5 Å². The molecule has 1 atom stereocenters. The Morgan fingerprint density at radius 3 is 3.00 bits per heavy atom. The first-order chi connectivity index (χ1) is 10.5. The smallest absolute Gasteiger partial charge is 0.255 e. The lowest BCUT2D eigenvalue weighted by Crippen LogP contribution is -2.40. The van der Waals surface area contributed by atoms with Crippen molar-refractivity contribution in [3.05, 3.63) is 23.7 Å². The minimum Gasteiger partial charge on any atom is -0.388 e. The lowest BCUT2D eigenvalue weighted by atomic mass is 10.0. The Bertz CT molecular complexity index is 689. The highest BCUT2D eigenvalue weighted by Gasteiger charge is 2.27. The molecule has 6 heteroatoms. The van der Waals surface area contributed by atoms with E-state index in [0.29, 0.717) is 29.1 Å². The lowest BCUT2D eigenvalue weighted by Gasteiger charge is -2.22. The maximum absolute atomic E-state index is 12.4. The van der Waals surface area contributed by atoms with Gasteiger partial charge in [-0.3, -0.25) is 4.79 Å². The van der Waals surface area contributed by atoms with Crippen LogP contribution >= 0.6 is 0 Å². The van der Waals surface area contributed by atoms with E-state index >= 15 is 0 Å². The van der Waals surface area contributed by atoms with Gasteiger partial charge in [0, 0.05) is 18.7 Å². The van der Waals surface area contributed by atoms with Crippen LogP contribution in [0.25, 0.3) is 11.2 Å². The molecule has 2 aromatic rings. The summed E-state index contributed by atoms with van der Waals surface area (Å²) < 4.78 is 0. The third-order valence-corrected chi connectivity index (χ3v) is 4.06. The maximum atomic E-state index is 12.4. The van der Waals surface area contributed by atoms with Crippen molar-refractivity contribution < 1.29 is 9.90 Å². The number of aromatic nitrogens is 3. The average molecular weight is 302 g/mol. The Hall–Kier alpha value is -1.95. The first-order valence-electron chi connectivity index (χ1n) is 7.85. The molecule has 3 rings (SSSR count). The minimum atomic E-state index is -0.888. The summed E-state index contributed by atoms with van der Waals surface area (Å²) in [5.41, 5.74) is 1.78. The van der Waals surface area contributed by atoms with Crippen LogP contribution in [-0.2, 0) is 0 Å². The van der Waals surface area contributed by atoms with Crippen LogP contribution in [0.5, 0.6) is 0 Å². The van der Waals surface area contributed by atoms with Crippen molar-refractivity contribution in [1.29, 1.82) is 0 Å². The van der Waals surface area contributed by atoms with Crippen molar-refractivity contribution in [2.24, 2.45) is 0 Å². The Morgan fingerprint density at radius 1 is 1.55 bits per heavy atom. The van der Waals surface area contributed by atoms with Gasteiger partial charge < -0.3 is 15.4 Å². The molecular formula is C16H22N4O2.